The number of rotatable bonds is 2. The Labute approximate surface area is 92.4 Å². The summed E-state index contributed by atoms with van der Waals surface area (Å²) in [6, 6.07) is 1.34. The lowest BCUT2D eigenvalue weighted by molar-refractivity contribution is -0.142. The number of hydrogen-bond acceptors (Lipinski definition) is 3. The number of ether oxygens (including phenoxy) is 1. The Hall–Kier alpha value is -1.91. The van der Waals surface area contributed by atoms with Gasteiger partial charge in [-0.3, -0.25) is 0 Å². The van der Waals surface area contributed by atoms with Gasteiger partial charge in [-0.1, -0.05) is 0 Å². The van der Waals surface area contributed by atoms with E-state index < -0.39 is 35.2 Å². The molecule has 0 unspecified atom stereocenters. The maximum absolute atomic E-state index is 12.6. The number of halogens is 5. The van der Waals surface area contributed by atoms with E-state index >= 15 is 0 Å². The molecule has 0 saturated carbocycles. The number of nitriles is 1. The second kappa shape index (κ2) is 4.53. The second-order valence-corrected chi connectivity index (χ2v) is 2.88. The molecule has 92 valence electrons. The molecule has 8 heteroatoms. The van der Waals surface area contributed by atoms with Crippen molar-refractivity contribution in [3.63, 3.8) is 0 Å². The van der Waals surface area contributed by atoms with Gasteiger partial charge in [0.15, 0.2) is 11.4 Å². The Morgan fingerprint density at radius 1 is 1.41 bits per heavy atom. The molecule has 0 saturated heterocycles. The lowest BCUT2D eigenvalue weighted by Crippen LogP contribution is -2.13. The van der Waals surface area contributed by atoms with Crippen molar-refractivity contribution in [3.8, 4) is 11.8 Å². The molecule has 0 radical (unpaired) electrons. The Morgan fingerprint density at radius 3 is 2.35 bits per heavy atom. The molecule has 0 fully saturated rings. The fraction of sp³-hybridized carbons (Fsp3) is 0.333. The first-order valence-electron chi connectivity index (χ1n) is 4.15. The van der Waals surface area contributed by atoms with Crippen LogP contribution in [0.15, 0.2) is 6.20 Å². The Balaban J connectivity index is 3.60. The highest BCUT2D eigenvalue weighted by atomic mass is 19.4. The molecule has 0 amide bonds. The van der Waals surface area contributed by atoms with Crippen LogP contribution in [0, 0.1) is 11.3 Å². The second-order valence-electron chi connectivity index (χ2n) is 2.88. The molecule has 0 aliphatic rings. The zero-order valence-corrected chi connectivity index (χ0v) is 8.35. The molecule has 17 heavy (non-hydrogen) atoms. The van der Waals surface area contributed by atoms with E-state index in [-0.39, 0.29) is 0 Å². The summed E-state index contributed by atoms with van der Waals surface area (Å²) in [7, 11) is 0.805. The van der Waals surface area contributed by atoms with Crippen LogP contribution in [0.25, 0.3) is 0 Å². The minimum absolute atomic E-state index is 0.451. The molecule has 0 spiro atoms. The van der Waals surface area contributed by atoms with E-state index in [0.29, 0.717) is 6.20 Å². The zero-order chi connectivity index (χ0) is 13.2. The molecule has 0 aromatic carbocycles. The van der Waals surface area contributed by atoms with E-state index in [9.17, 15) is 22.0 Å². The molecule has 0 aliphatic carbocycles. The summed E-state index contributed by atoms with van der Waals surface area (Å²) in [6.07, 6.45) is -7.74. The normalized spacial score (nSPS) is 11.4. The van der Waals surface area contributed by atoms with Crippen molar-refractivity contribution < 1.29 is 26.7 Å². The Kier molecular flexibility index (Phi) is 3.50. The molecule has 1 aromatic rings. The van der Waals surface area contributed by atoms with E-state index in [4.69, 9.17) is 5.26 Å². The third kappa shape index (κ3) is 2.43. The van der Waals surface area contributed by atoms with E-state index in [0.717, 1.165) is 7.11 Å². The highest BCUT2D eigenvalue weighted by Crippen LogP contribution is 2.40. The summed E-state index contributed by atoms with van der Waals surface area (Å²) in [6.45, 7) is 0. The first-order valence-corrected chi connectivity index (χ1v) is 4.15. The number of pyridine rings is 1. The fourth-order valence-corrected chi connectivity index (χ4v) is 1.22. The van der Waals surface area contributed by atoms with Crippen molar-refractivity contribution in [2.24, 2.45) is 0 Å². The van der Waals surface area contributed by atoms with Gasteiger partial charge in [-0.05, 0) is 0 Å². The van der Waals surface area contributed by atoms with E-state index in [1.807, 2.05) is 0 Å². The third-order valence-electron chi connectivity index (χ3n) is 1.88. The van der Waals surface area contributed by atoms with E-state index in [2.05, 4.69) is 9.72 Å². The number of aromatic nitrogens is 1. The quantitative estimate of drug-likeness (QED) is 0.760. The highest BCUT2D eigenvalue weighted by molar-refractivity contribution is 5.49. The van der Waals surface area contributed by atoms with Crippen molar-refractivity contribution in [2.75, 3.05) is 7.11 Å². The Morgan fingerprint density at radius 2 is 2.00 bits per heavy atom. The van der Waals surface area contributed by atoms with Gasteiger partial charge in [-0.25, -0.2) is 13.8 Å². The summed E-state index contributed by atoms with van der Waals surface area (Å²) in [4.78, 5) is 2.93. The van der Waals surface area contributed by atoms with Crippen molar-refractivity contribution in [1.29, 1.82) is 5.26 Å². The minimum Gasteiger partial charge on any atom is -0.494 e. The highest BCUT2D eigenvalue weighted by Gasteiger charge is 2.39. The van der Waals surface area contributed by atoms with E-state index in [1.54, 1.807) is 0 Å². The third-order valence-corrected chi connectivity index (χ3v) is 1.88. The average Bonchev–Trinajstić information content (AvgIpc) is 2.25. The molecule has 0 N–H and O–H groups in total. The van der Waals surface area contributed by atoms with Gasteiger partial charge in [0.1, 0.15) is 6.07 Å². The van der Waals surface area contributed by atoms with Crippen LogP contribution in [0.3, 0.4) is 0 Å². The average molecular weight is 252 g/mol. The van der Waals surface area contributed by atoms with Gasteiger partial charge in [0.05, 0.1) is 18.2 Å². The predicted molar refractivity (Wildman–Crippen MR) is 45.5 cm³/mol. The molecule has 1 rings (SSSR count). The minimum atomic E-state index is -4.93. The number of nitrogens with zero attached hydrogens (tertiary/aromatic N) is 2. The van der Waals surface area contributed by atoms with Gasteiger partial charge < -0.3 is 4.74 Å². The molecule has 0 aliphatic heterocycles. The van der Waals surface area contributed by atoms with Crippen molar-refractivity contribution in [1.82, 2.24) is 4.98 Å². The molecular weight excluding hydrogens is 247 g/mol. The molecule has 0 atom stereocenters. The molecule has 1 heterocycles. The van der Waals surface area contributed by atoms with Gasteiger partial charge in [0.2, 0.25) is 0 Å². The monoisotopic (exact) mass is 252 g/mol. The summed E-state index contributed by atoms with van der Waals surface area (Å²) in [5.74, 6) is -1.12. The van der Waals surface area contributed by atoms with Crippen LogP contribution in [0.4, 0.5) is 22.0 Å². The van der Waals surface area contributed by atoms with Crippen LogP contribution in [0.1, 0.15) is 23.2 Å². The van der Waals surface area contributed by atoms with Crippen molar-refractivity contribution in [2.45, 2.75) is 12.6 Å². The largest absolute Gasteiger partial charge is 0.494 e. The number of alkyl halides is 5. The van der Waals surface area contributed by atoms with Crippen LogP contribution in [0.2, 0.25) is 0 Å². The smallest absolute Gasteiger partial charge is 0.437 e. The van der Waals surface area contributed by atoms with Crippen molar-refractivity contribution in [3.05, 3.63) is 23.0 Å². The predicted octanol–water partition coefficient (Wildman–Crippen LogP) is 2.92. The van der Waals surface area contributed by atoms with Crippen molar-refractivity contribution >= 4 is 0 Å². The van der Waals surface area contributed by atoms with Gasteiger partial charge >= 0.3 is 6.18 Å². The lowest BCUT2D eigenvalue weighted by Gasteiger charge is -2.15. The van der Waals surface area contributed by atoms with Gasteiger partial charge in [-0.15, -0.1) is 0 Å². The lowest BCUT2D eigenvalue weighted by atomic mass is 10.1. The van der Waals surface area contributed by atoms with Crippen LogP contribution < -0.4 is 4.74 Å². The summed E-state index contributed by atoms with van der Waals surface area (Å²) in [5.41, 5.74) is -3.32. The molecular formula is C9H5F5N2O. The molecule has 3 nitrogen and oxygen atoms in total. The molecule has 1 aromatic heterocycles. The number of methoxy groups -OCH3 is 1. The molecule has 0 bridgehead atoms. The maximum atomic E-state index is 12.6. The van der Waals surface area contributed by atoms with Crippen LogP contribution in [-0.2, 0) is 6.18 Å². The van der Waals surface area contributed by atoms with Gasteiger partial charge in [0.25, 0.3) is 6.43 Å². The fourth-order valence-electron chi connectivity index (χ4n) is 1.22. The maximum Gasteiger partial charge on any atom is 0.437 e. The standard InChI is InChI=1S/C9H5F5N2O/c1-17-6-5(8(10)11)4(2-15)3-16-7(6)9(12,13)14/h3,8H,1H3. The first-order chi connectivity index (χ1) is 7.82. The van der Waals surface area contributed by atoms with E-state index in [1.165, 1.54) is 6.07 Å². The topological polar surface area (TPSA) is 45.9 Å². The SMILES string of the molecule is COc1c(C(F)(F)F)ncc(C#N)c1C(F)F. The zero-order valence-electron chi connectivity index (χ0n) is 8.35. The Bertz CT molecular complexity index is 464. The summed E-state index contributed by atoms with van der Waals surface area (Å²) < 4.78 is 66.8. The van der Waals surface area contributed by atoms with Crippen LogP contribution in [0.5, 0.6) is 5.75 Å². The summed E-state index contributed by atoms with van der Waals surface area (Å²) >= 11 is 0. The first kappa shape index (κ1) is 13.2. The van der Waals surface area contributed by atoms with Crippen LogP contribution >= 0.6 is 0 Å². The van der Waals surface area contributed by atoms with Gasteiger partial charge in [-0.2, -0.15) is 18.4 Å². The van der Waals surface area contributed by atoms with Gasteiger partial charge in [0, 0.05) is 6.20 Å². The summed E-state index contributed by atoms with van der Waals surface area (Å²) in [5, 5.41) is 8.52. The number of hydrogen-bond donors (Lipinski definition) is 0. The van der Waals surface area contributed by atoms with Crippen LogP contribution in [-0.4, -0.2) is 12.1 Å².